The van der Waals surface area contributed by atoms with Crippen LogP contribution in [0.5, 0.6) is 0 Å². The van der Waals surface area contributed by atoms with E-state index in [-0.39, 0.29) is 10.8 Å². The number of hydrogen-bond acceptors (Lipinski definition) is 1. The molecule has 4 fully saturated rings. The first-order valence-corrected chi connectivity index (χ1v) is 16.9. The molecule has 0 N–H and O–H groups in total. The van der Waals surface area contributed by atoms with Gasteiger partial charge in [-0.15, -0.1) is 0 Å². The number of fused-ring (bicyclic) bond motifs is 1. The predicted molar refractivity (Wildman–Crippen MR) is 158 cm³/mol. The van der Waals surface area contributed by atoms with Crippen LogP contribution < -0.4 is 0 Å². The minimum Gasteiger partial charge on any atom is -0.0736 e. The second-order valence-corrected chi connectivity index (χ2v) is 14.8. The van der Waals surface area contributed by atoms with Gasteiger partial charge in [0, 0.05) is 0 Å². The van der Waals surface area contributed by atoms with E-state index in [0.29, 0.717) is 12.1 Å². The number of hydrogen-bond donors (Lipinski definition) is 0. The molecule has 3 aliphatic carbocycles. The maximum absolute atomic E-state index is 14.6. The second-order valence-electron chi connectivity index (χ2n) is 13.3. The number of rotatable bonds is 8. The van der Waals surface area contributed by atoms with Gasteiger partial charge in [0.2, 0.25) is 0 Å². The van der Waals surface area contributed by atoms with Crippen LogP contribution in [0.3, 0.4) is 0 Å². The van der Waals surface area contributed by atoms with Crippen LogP contribution in [0.2, 0.25) is 0 Å². The zero-order valence-corrected chi connectivity index (χ0v) is 24.3. The quantitative estimate of drug-likeness (QED) is 0.318. The summed E-state index contributed by atoms with van der Waals surface area (Å²) in [6.07, 6.45) is 20.5. The van der Waals surface area contributed by atoms with E-state index >= 15 is 0 Å². The minimum atomic E-state index is -1.49. The maximum Gasteiger partial charge on any atom is 0.538 e. The minimum absolute atomic E-state index is 0.273. The van der Waals surface area contributed by atoms with Crippen molar-refractivity contribution >= 4 is 8.10 Å². The number of benzene rings is 2. The Labute approximate surface area is 232 Å². The first-order chi connectivity index (χ1) is 18.7. The highest BCUT2D eigenvalue weighted by Gasteiger charge is 2.60. The van der Waals surface area contributed by atoms with Gasteiger partial charge in [0.05, 0.1) is 25.2 Å². The maximum atomic E-state index is 14.6. The second kappa shape index (κ2) is 11.9. The third-order valence-electron chi connectivity index (χ3n) is 10.6. The summed E-state index contributed by atoms with van der Waals surface area (Å²) in [6, 6.07) is 23.3. The molecule has 3 saturated carbocycles. The molecular weight excluding hydrogens is 483 g/mol. The normalized spacial score (nSPS) is 27.7. The molecule has 0 unspecified atom stereocenters. The first-order valence-electron chi connectivity index (χ1n) is 15.7. The van der Waals surface area contributed by atoms with E-state index in [2.05, 4.69) is 70.0 Å². The van der Waals surface area contributed by atoms with Gasteiger partial charge in [0.1, 0.15) is 0 Å². The smallest absolute Gasteiger partial charge is 0.0736 e. The van der Waals surface area contributed by atoms with Gasteiger partial charge < -0.3 is 0 Å². The predicted octanol–water partition coefficient (Wildman–Crippen LogP) is 8.96. The topological polar surface area (TPSA) is 23.6 Å². The average Bonchev–Trinajstić information content (AvgIpc) is 3.21. The zero-order chi connectivity index (χ0) is 25.8. The van der Waals surface area contributed by atoms with Crippen molar-refractivity contribution in [3.63, 3.8) is 0 Å². The van der Waals surface area contributed by atoms with Gasteiger partial charge in [-0.05, 0) is 77.9 Å². The van der Waals surface area contributed by atoms with E-state index < -0.39 is 8.10 Å². The molecule has 1 saturated heterocycles. The van der Waals surface area contributed by atoms with Crippen LogP contribution in [0.4, 0.5) is 0 Å². The monoisotopic (exact) mass is 531 g/mol. The lowest BCUT2D eigenvalue weighted by Crippen LogP contribution is -2.46. The summed E-state index contributed by atoms with van der Waals surface area (Å²) in [4.78, 5) is 0. The van der Waals surface area contributed by atoms with Crippen LogP contribution in [0.25, 0.3) is 0 Å². The molecule has 0 amide bonds. The largest absolute Gasteiger partial charge is 0.538 e. The number of nitrogens with zero attached hydrogens (tertiary/aromatic N) is 2. The van der Waals surface area contributed by atoms with E-state index in [4.69, 9.17) is 0 Å². The molecule has 2 atom stereocenters. The fourth-order valence-corrected chi connectivity index (χ4v) is 10.9. The van der Waals surface area contributed by atoms with Gasteiger partial charge in [-0.1, -0.05) is 121 Å². The third kappa shape index (κ3) is 5.81. The molecule has 0 spiro atoms. The summed E-state index contributed by atoms with van der Waals surface area (Å²) in [5.41, 5.74) is 3.47. The van der Waals surface area contributed by atoms with Gasteiger partial charge >= 0.3 is 8.10 Å². The summed E-state index contributed by atoms with van der Waals surface area (Å²) in [5.74, 6) is 0. The SMILES string of the molecule is O=[P+]1N(CC2(Cc3ccccc3)CCCCC2)[C@@H]2CCCC[C@H]2N1CC1(Cc2ccccc2)CCCCC1. The van der Waals surface area contributed by atoms with E-state index in [1.165, 1.54) is 101 Å². The van der Waals surface area contributed by atoms with Crippen molar-refractivity contribution in [1.82, 2.24) is 9.34 Å². The molecule has 4 heteroatoms. The Morgan fingerprint density at radius 2 is 0.974 bits per heavy atom. The standard InChI is InChI=1S/C34H48N2OP/c37-38-35(27-33(21-11-3-12-22-33)25-29-15-5-1-6-16-29)31-19-9-10-20-32(31)36(38)28-34(23-13-4-14-24-34)26-30-17-7-2-8-18-30/h1-2,5-8,15-18,31-32H,3-4,9-14,19-28H2/q+1/t31-,32-/m1/s1. The average molecular weight is 532 g/mol. The molecule has 2 aromatic carbocycles. The molecule has 0 aromatic heterocycles. The van der Waals surface area contributed by atoms with Crippen molar-refractivity contribution in [2.45, 2.75) is 115 Å². The van der Waals surface area contributed by atoms with Gasteiger partial charge in [-0.25, -0.2) is 0 Å². The summed E-state index contributed by atoms with van der Waals surface area (Å²) < 4.78 is 19.7. The fraction of sp³-hybridized carbons (Fsp3) is 0.647. The Kier molecular flexibility index (Phi) is 8.36. The van der Waals surface area contributed by atoms with Crippen LogP contribution >= 0.6 is 8.10 Å². The Hall–Kier alpha value is -1.54. The van der Waals surface area contributed by atoms with Crippen molar-refractivity contribution in [2.75, 3.05) is 13.1 Å². The molecule has 4 aliphatic rings. The van der Waals surface area contributed by atoms with Crippen LogP contribution in [0, 0.1) is 10.8 Å². The Bertz CT molecular complexity index is 961. The van der Waals surface area contributed by atoms with Crippen LogP contribution in [0.1, 0.15) is 101 Å². The van der Waals surface area contributed by atoms with Gasteiger partial charge in [0.25, 0.3) is 0 Å². The molecule has 0 bridgehead atoms. The third-order valence-corrected chi connectivity index (χ3v) is 12.3. The van der Waals surface area contributed by atoms with Crippen LogP contribution in [0.15, 0.2) is 60.7 Å². The van der Waals surface area contributed by atoms with Gasteiger partial charge in [0.15, 0.2) is 0 Å². The van der Waals surface area contributed by atoms with Crippen molar-refractivity contribution in [3.05, 3.63) is 71.8 Å². The highest BCUT2D eigenvalue weighted by molar-refractivity contribution is 7.39. The van der Waals surface area contributed by atoms with E-state index in [1.54, 1.807) is 0 Å². The van der Waals surface area contributed by atoms with Crippen molar-refractivity contribution in [1.29, 1.82) is 0 Å². The summed E-state index contributed by atoms with van der Waals surface area (Å²) in [7, 11) is -1.49. The van der Waals surface area contributed by atoms with Gasteiger partial charge in [-0.2, -0.15) is 0 Å². The summed E-state index contributed by atoms with van der Waals surface area (Å²) in [6.45, 7) is 2.06. The lowest BCUT2D eigenvalue weighted by molar-refractivity contribution is 0.0974. The lowest BCUT2D eigenvalue weighted by atomic mass is 9.69. The zero-order valence-electron chi connectivity index (χ0n) is 23.4. The summed E-state index contributed by atoms with van der Waals surface area (Å²) in [5, 5.41) is 0. The van der Waals surface area contributed by atoms with Crippen LogP contribution in [-0.2, 0) is 17.4 Å². The van der Waals surface area contributed by atoms with Gasteiger partial charge in [-0.3, -0.25) is 0 Å². The van der Waals surface area contributed by atoms with Crippen LogP contribution in [-0.4, -0.2) is 34.5 Å². The van der Waals surface area contributed by atoms with E-state index in [1.807, 2.05) is 0 Å². The van der Waals surface area contributed by atoms with E-state index in [9.17, 15) is 4.57 Å². The molecule has 0 radical (unpaired) electrons. The van der Waals surface area contributed by atoms with E-state index in [0.717, 1.165) is 25.9 Å². The molecular formula is C34H48N2OP+. The molecule has 1 heterocycles. The molecule has 38 heavy (non-hydrogen) atoms. The molecule has 3 nitrogen and oxygen atoms in total. The Morgan fingerprint density at radius 3 is 1.37 bits per heavy atom. The fourth-order valence-electron chi connectivity index (χ4n) is 8.67. The molecule has 6 rings (SSSR count). The lowest BCUT2D eigenvalue weighted by Gasteiger charge is -2.39. The van der Waals surface area contributed by atoms with Crippen molar-refractivity contribution in [2.24, 2.45) is 10.8 Å². The summed E-state index contributed by atoms with van der Waals surface area (Å²) >= 11 is 0. The Morgan fingerprint density at radius 1 is 0.579 bits per heavy atom. The highest BCUT2D eigenvalue weighted by Crippen LogP contribution is 2.55. The van der Waals surface area contributed by atoms with Crippen molar-refractivity contribution < 1.29 is 4.57 Å². The first kappa shape index (κ1) is 26.7. The Balaban J connectivity index is 1.26. The highest BCUT2D eigenvalue weighted by atomic mass is 31.1. The van der Waals surface area contributed by atoms with Crippen molar-refractivity contribution in [3.8, 4) is 0 Å². The molecule has 1 aliphatic heterocycles. The molecule has 2 aromatic rings. The molecule has 204 valence electrons.